The zero-order valence-electron chi connectivity index (χ0n) is 24.3. The van der Waals surface area contributed by atoms with Gasteiger partial charge < -0.3 is 26.8 Å². The van der Waals surface area contributed by atoms with Gasteiger partial charge in [-0.05, 0) is 46.2 Å². The zero-order chi connectivity index (χ0) is 29.9. The highest BCUT2D eigenvalue weighted by Gasteiger charge is 2.31. The van der Waals surface area contributed by atoms with Crippen LogP contribution in [-0.4, -0.2) is 41.0 Å². The molecule has 3 aromatic rings. The fourth-order valence-corrected chi connectivity index (χ4v) is 4.35. The van der Waals surface area contributed by atoms with E-state index in [9.17, 15) is 19.5 Å². The third-order valence-electron chi connectivity index (χ3n) is 7.35. The van der Waals surface area contributed by atoms with Crippen LogP contribution in [0.25, 0.3) is 11.1 Å². The number of benzene rings is 3. The average Bonchev–Trinajstić information content (AvgIpc) is 2.99. The van der Waals surface area contributed by atoms with Crippen LogP contribution >= 0.6 is 0 Å². The maximum atomic E-state index is 13.5. The Hall–Kier alpha value is -4.17. The monoisotopic (exact) mass is 558 g/mol. The van der Waals surface area contributed by atoms with Gasteiger partial charge in [0.1, 0.15) is 17.8 Å². The van der Waals surface area contributed by atoms with E-state index in [1.807, 2.05) is 82.3 Å². The molecule has 0 radical (unpaired) electrons. The Morgan fingerprint density at radius 1 is 0.756 bits per heavy atom. The lowest BCUT2D eigenvalue weighted by Gasteiger charge is -2.27. The molecule has 0 aromatic heterocycles. The summed E-state index contributed by atoms with van der Waals surface area (Å²) in [6.07, 6.45) is 0.836. The van der Waals surface area contributed by atoms with Gasteiger partial charge >= 0.3 is 0 Å². The van der Waals surface area contributed by atoms with Crippen molar-refractivity contribution in [2.75, 3.05) is 0 Å². The number of hydrogen-bond donors (Lipinski definition) is 5. The largest absolute Gasteiger partial charge is 0.508 e. The smallest absolute Gasteiger partial charge is 0.243 e. The maximum absolute atomic E-state index is 13.5. The molecule has 8 nitrogen and oxygen atoms in total. The van der Waals surface area contributed by atoms with E-state index in [2.05, 4.69) is 16.0 Å². The molecule has 0 saturated carbocycles. The average molecular weight is 559 g/mol. The van der Waals surface area contributed by atoms with E-state index in [0.29, 0.717) is 13.0 Å². The molecule has 0 spiro atoms. The number of aromatic hydroxyl groups is 1. The molecule has 6 N–H and O–H groups in total. The Morgan fingerprint density at radius 2 is 1.34 bits per heavy atom. The van der Waals surface area contributed by atoms with Gasteiger partial charge in [-0.2, -0.15) is 0 Å². The minimum atomic E-state index is -0.957. The number of amides is 3. The van der Waals surface area contributed by atoms with Crippen LogP contribution in [0.3, 0.4) is 0 Å². The van der Waals surface area contributed by atoms with Crippen LogP contribution in [0, 0.1) is 11.8 Å². The minimum absolute atomic E-state index is 0.101. The van der Waals surface area contributed by atoms with E-state index in [0.717, 1.165) is 22.3 Å². The van der Waals surface area contributed by atoms with Gasteiger partial charge in [0.25, 0.3) is 0 Å². The highest BCUT2D eigenvalue weighted by Crippen LogP contribution is 2.19. The minimum Gasteiger partial charge on any atom is -0.508 e. The lowest BCUT2D eigenvalue weighted by atomic mass is 9.96. The lowest BCUT2D eigenvalue weighted by molar-refractivity contribution is -0.133. The Labute approximate surface area is 242 Å². The third-order valence-corrected chi connectivity index (χ3v) is 7.35. The van der Waals surface area contributed by atoms with Crippen molar-refractivity contribution in [3.8, 4) is 16.9 Å². The van der Waals surface area contributed by atoms with Gasteiger partial charge in [0.05, 0.1) is 6.04 Å². The third kappa shape index (κ3) is 9.18. The molecule has 0 bridgehead atoms. The summed E-state index contributed by atoms with van der Waals surface area (Å²) in [4.78, 5) is 39.6. The van der Waals surface area contributed by atoms with Gasteiger partial charge in [-0.15, -0.1) is 0 Å². The Morgan fingerprint density at radius 3 is 1.93 bits per heavy atom. The first kappa shape index (κ1) is 31.4. The van der Waals surface area contributed by atoms with Crippen LogP contribution in [0.5, 0.6) is 5.75 Å². The summed E-state index contributed by atoms with van der Waals surface area (Å²) in [5.74, 6) is -1.38. The van der Waals surface area contributed by atoms with E-state index in [4.69, 9.17) is 5.73 Å². The van der Waals surface area contributed by atoms with Crippen LogP contribution in [-0.2, 0) is 27.3 Å². The van der Waals surface area contributed by atoms with E-state index in [-0.39, 0.29) is 29.9 Å². The van der Waals surface area contributed by atoms with Crippen molar-refractivity contribution in [2.45, 2.75) is 65.2 Å². The summed E-state index contributed by atoms with van der Waals surface area (Å²) < 4.78 is 0. The summed E-state index contributed by atoms with van der Waals surface area (Å²) in [7, 11) is 0. The van der Waals surface area contributed by atoms with Crippen molar-refractivity contribution in [1.29, 1.82) is 0 Å². The highest BCUT2D eigenvalue weighted by atomic mass is 16.3. The lowest BCUT2D eigenvalue weighted by Crippen LogP contribution is -2.58. The number of carbonyl (C=O) groups is 3. The van der Waals surface area contributed by atoms with Crippen molar-refractivity contribution in [2.24, 2.45) is 17.6 Å². The Balaban J connectivity index is 1.71. The number of rotatable bonds is 13. The predicted octanol–water partition coefficient (Wildman–Crippen LogP) is 3.92. The van der Waals surface area contributed by atoms with Gasteiger partial charge in [-0.1, -0.05) is 101 Å². The standard InChI is InChI=1S/C33H42N4O4/c1-5-22(4)30(33(41)35-20-24-11-15-26(16-12-24)25-9-7-6-8-10-25)37-31(39)28(36-32(40)29(34)21(2)3)19-23-13-17-27(38)18-14-23/h6-18,21-22,28-30,38H,5,19-20,34H2,1-4H3,(H,35,41)(H,36,40)(H,37,39)/t22?,28-,29-,30-/m0/s1. The number of hydrogen-bond acceptors (Lipinski definition) is 5. The van der Waals surface area contributed by atoms with E-state index in [1.54, 1.807) is 12.1 Å². The molecule has 0 fully saturated rings. The van der Waals surface area contributed by atoms with Crippen LogP contribution in [0.4, 0.5) is 0 Å². The first-order valence-corrected chi connectivity index (χ1v) is 14.1. The molecular formula is C33H42N4O4. The van der Waals surface area contributed by atoms with Crippen molar-refractivity contribution in [3.63, 3.8) is 0 Å². The molecular weight excluding hydrogens is 516 g/mol. The zero-order valence-corrected chi connectivity index (χ0v) is 24.3. The van der Waals surface area contributed by atoms with Gasteiger partial charge in [-0.3, -0.25) is 14.4 Å². The molecule has 0 aliphatic heterocycles. The molecule has 1 unspecified atom stereocenters. The van der Waals surface area contributed by atoms with Gasteiger partial charge in [0, 0.05) is 13.0 Å². The second-order valence-corrected chi connectivity index (χ2v) is 10.9. The predicted molar refractivity (Wildman–Crippen MR) is 162 cm³/mol. The van der Waals surface area contributed by atoms with Gasteiger partial charge in [0.2, 0.25) is 17.7 Å². The first-order chi connectivity index (χ1) is 19.6. The summed E-state index contributed by atoms with van der Waals surface area (Å²) in [6, 6.07) is 21.9. The highest BCUT2D eigenvalue weighted by molar-refractivity contribution is 5.93. The molecule has 3 amide bonds. The quantitative estimate of drug-likeness (QED) is 0.217. The molecule has 218 valence electrons. The van der Waals surface area contributed by atoms with Crippen LogP contribution in [0.15, 0.2) is 78.9 Å². The summed E-state index contributed by atoms with van der Waals surface area (Å²) in [5, 5.41) is 18.2. The van der Waals surface area contributed by atoms with Crippen LogP contribution in [0.1, 0.15) is 45.2 Å². The fraction of sp³-hybridized carbons (Fsp3) is 0.364. The normalized spacial score (nSPS) is 14.0. The molecule has 0 saturated heterocycles. The number of carbonyl (C=O) groups excluding carboxylic acids is 3. The first-order valence-electron chi connectivity index (χ1n) is 14.1. The summed E-state index contributed by atoms with van der Waals surface area (Å²) in [5.41, 5.74) is 9.92. The summed E-state index contributed by atoms with van der Waals surface area (Å²) in [6.45, 7) is 7.83. The fourth-order valence-electron chi connectivity index (χ4n) is 4.35. The molecule has 41 heavy (non-hydrogen) atoms. The molecule has 3 rings (SSSR count). The Bertz CT molecular complexity index is 1280. The van der Waals surface area contributed by atoms with Gasteiger partial charge in [0.15, 0.2) is 0 Å². The number of nitrogens with two attached hydrogens (primary N) is 1. The molecule has 3 aromatic carbocycles. The van der Waals surface area contributed by atoms with E-state index in [1.165, 1.54) is 12.1 Å². The van der Waals surface area contributed by atoms with Crippen LogP contribution in [0.2, 0.25) is 0 Å². The summed E-state index contributed by atoms with van der Waals surface area (Å²) >= 11 is 0. The van der Waals surface area contributed by atoms with Crippen molar-refractivity contribution in [3.05, 3.63) is 90.0 Å². The van der Waals surface area contributed by atoms with Crippen molar-refractivity contribution in [1.82, 2.24) is 16.0 Å². The topological polar surface area (TPSA) is 134 Å². The van der Waals surface area contributed by atoms with Crippen molar-refractivity contribution < 1.29 is 19.5 Å². The second kappa shape index (κ2) is 15.0. The molecule has 0 aliphatic rings. The number of phenolic OH excluding ortho intramolecular Hbond substituents is 1. The second-order valence-electron chi connectivity index (χ2n) is 10.9. The molecule has 0 heterocycles. The molecule has 4 atom stereocenters. The van der Waals surface area contributed by atoms with Crippen molar-refractivity contribution >= 4 is 17.7 Å². The van der Waals surface area contributed by atoms with E-state index >= 15 is 0 Å². The van der Waals surface area contributed by atoms with E-state index < -0.39 is 29.9 Å². The number of nitrogens with one attached hydrogen (secondary N) is 3. The number of phenols is 1. The molecule has 8 heteroatoms. The van der Waals surface area contributed by atoms with Gasteiger partial charge in [-0.25, -0.2) is 0 Å². The van der Waals surface area contributed by atoms with Crippen LogP contribution < -0.4 is 21.7 Å². The Kier molecular flexibility index (Phi) is 11.5. The molecule has 0 aliphatic carbocycles. The SMILES string of the molecule is CCC(C)[C@H](NC(=O)[C@H](Cc1ccc(O)cc1)NC(=O)[C@@H](N)C(C)C)C(=O)NCc1ccc(-c2ccccc2)cc1. The maximum Gasteiger partial charge on any atom is 0.243 e.